The van der Waals surface area contributed by atoms with Crippen LogP contribution in [0.25, 0.3) is 0 Å². The molecule has 0 aliphatic carbocycles. The van der Waals surface area contributed by atoms with Gasteiger partial charge in [0.05, 0.1) is 13.2 Å². The second-order valence-corrected chi connectivity index (χ2v) is 6.93. The van der Waals surface area contributed by atoms with Gasteiger partial charge in [0, 0.05) is 23.0 Å². The maximum atomic E-state index is 12.8. The van der Waals surface area contributed by atoms with Crippen LogP contribution in [0.15, 0.2) is 67.0 Å². The molecule has 0 bridgehead atoms. The SMILES string of the molecule is CCC(NC(=O)c1ccc(OC)c(OCc2ccncc2)c1)c1ccc(Cl)cc1. The molecule has 1 amide bonds. The van der Waals surface area contributed by atoms with Gasteiger partial charge in [-0.25, -0.2) is 0 Å². The number of hydrogen-bond acceptors (Lipinski definition) is 4. The number of aromatic nitrogens is 1. The van der Waals surface area contributed by atoms with Crippen LogP contribution in [0, 0.1) is 0 Å². The van der Waals surface area contributed by atoms with Crippen LogP contribution in [-0.2, 0) is 6.61 Å². The number of benzene rings is 2. The van der Waals surface area contributed by atoms with Gasteiger partial charge in [-0.1, -0.05) is 30.7 Å². The summed E-state index contributed by atoms with van der Waals surface area (Å²) in [5, 5.41) is 3.74. The Bertz CT molecular complexity index is 946. The number of nitrogens with one attached hydrogen (secondary N) is 1. The average Bonchev–Trinajstić information content (AvgIpc) is 2.77. The van der Waals surface area contributed by atoms with E-state index < -0.39 is 0 Å². The minimum absolute atomic E-state index is 0.108. The Morgan fingerprint density at radius 1 is 1.07 bits per heavy atom. The molecule has 29 heavy (non-hydrogen) atoms. The first-order valence-electron chi connectivity index (χ1n) is 9.36. The second kappa shape index (κ2) is 9.94. The van der Waals surface area contributed by atoms with E-state index in [4.69, 9.17) is 21.1 Å². The van der Waals surface area contributed by atoms with E-state index in [1.807, 2.05) is 43.3 Å². The fourth-order valence-electron chi connectivity index (χ4n) is 2.93. The van der Waals surface area contributed by atoms with Gasteiger partial charge in [0.1, 0.15) is 6.61 Å². The minimum Gasteiger partial charge on any atom is -0.493 e. The number of carbonyl (C=O) groups is 1. The van der Waals surface area contributed by atoms with Crippen molar-refractivity contribution in [1.82, 2.24) is 10.3 Å². The highest BCUT2D eigenvalue weighted by Crippen LogP contribution is 2.29. The Morgan fingerprint density at radius 3 is 2.45 bits per heavy atom. The Kier molecular flexibility index (Phi) is 7.09. The van der Waals surface area contributed by atoms with Crippen LogP contribution in [0.4, 0.5) is 0 Å². The zero-order valence-electron chi connectivity index (χ0n) is 16.4. The van der Waals surface area contributed by atoms with Gasteiger partial charge in [0.15, 0.2) is 11.5 Å². The van der Waals surface area contributed by atoms with Crippen molar-refractivity contribution in [2.24, 2.45) is 0 Å². The largest absolute Gasteiger partial charge is 0.493 e. The lowest BCUT2D eigenvalue weighted by Crippen LogP contribution is -2.28. The molecule has 0 saturated heterocycles. The van der Waals surface area contributed by atoms with E-state index in [1.54, 1.807) is 37.7 Å². The molecular weight excluding hydrogens is 388 g/mol. The number of methoxy groups -OCH3 is 1. The summed E-state index contributed by atoms with van der Waals surface area (Å²) in [6.07, 6.45) is 4.18. The van der Waals surface area contributed by atoms with Crippen LogP contribution >= 0.6 is 11.6 Å². The van der Waals surface area contributed by atoms with Crippen molar-refractivity contribution in [3.05, 3.63) is 88.7 Å². The first kappa shape index (κ1) is 20.7. The molecule has 0 radical (unpaired) electrons. The summed E-state index contributed by atoms with van der Waals surface area (Å²) in [5.74, 6) is 0.903. The maximum absolute atomic E-state index is 12.8. The lowest BCUT2D eigenvalue weighted by Gasteiger charge is -2.18. The smallest absolute Gasteiger partial charge is 0.251 e. The quantitative estimate of drug-likeness (QED) is 0.554. The van der Waals surface area contributed by atoms with Crippen molar-refractivity contribution in [2.75, 3.05) is 7.11 Å². The molecule has 1 aromatic heterocycles. The van der Waals surface area contributed by atoms with E-state index in [0.29, 0.717) is 28.7 Å². The molecule has 0 aliphatic heterocycles. The molecule has 1 heterocycles. The highest BCUT2D eigenvalue weighted by molar-refractivity contribution is 6.30. The predicted octanol–water partition coefficient (Wildman–Crippen LogP) is 5.20. The fourth-order valence-corrected chi connectivity index (χ4v) is 3.05. The van der Waals surface area contributed by atoms with Crippen molar-refractivity contribution in [1.29, 1.82) is 0 Å². The zero-order chi connectivity index (χ0) is 20.6. The normalized spacial score (nSPS) is 11.6. The molecule has 5 nitrogen and oxygen atoms in total. The first-order chi connectivity index (χ1) is 14.1. The average molecular weight is 411 g/mol. The van der Waals surface area contributed by atoms with Gasteiger partial charge in [0.25, 0.3) is 5.91 Å². The molecule has 2 aromatic carbocycles. The van der Waals surface area contributed by atoms with E-state index in [0.717, 1.165) is 17.5 Å². The molecule has 3 rings (SSSR count). The summed E-state index contributed by atoms with van der Waals surface area (Å²) in [6, 6.07) is 16.3. The molecule has 1 N–H and O–H groups in total. The van der Waals surface area contributed by atoms with Crippen LogP contribution in [-0.4, -0.2) is 18.0 Å². The van der Waals surface area contributed by atoms with Crippen molar-refractivity contribution in [3.8, 4) is 11.5 Å². The van der Waals surface area contributed by atoms with Gasteiger partial charge < -0.3 is 14.8 Å². The molecule has 0 saturated carbocycles. The van der Waals surface area contributed by atoms with Crippen molar-refractivity contribution >= 4 is 17.5 Å². The van der Waals surface area contributed by atoms with Gasteiger partial charge in [-0.3, -0.25) is 9.78 Å². The van der Waals surface area contributed by atoms with Crippen LogP contribution < -0.4 is 14.8 Å². The predicted molar refractivity (Wildman–Crippen MR) is 114 cm³/mol. The molecule has 1 atom stereocenters. The number of ether oxygens (including phenoxy) is 2. The van der Waals surface area contributed by atoms with Crippen molar-refractivity contribution in [3.63, 3.8) is 0 Å². The molecule has 3 aromatic rings. The fraction of sp³-hybridized carbons (Fsp3) is 0.217. The summed E-state index contributed by atoms with van der Waals surface area (Å²) in [7, 11) is 1.57. The standard InChI is InChI=1S/C23H23ClN2O3/c1-3-20(17-4-7-19(24)8-5-17)26-23(27)18-6-9-21(28-2)22(14-18)29-15-16-10-12-25-13-11-16/h4-14,20H,3,15H2,1-2H3,(H,26,27). The molecular formula is C23H23ClN2O3. The van der Waals surface area contributed by atoms with Gasteiger partial charge in [-0.2, -0.15) is 0 Å². The van der Waals surface area contributed by atoms with Crippen LogP contribution in [0.1, 0.15) is 40.9 Å². The molecule has 0 spiro atoms. The van der Waals surface area contributed by atoms with Crippen LogP contribution in [0.3, 0.4) is 0 Å². The number of carbonyl (C=O) groups excluding carboxylic acids is 1. The second-order valence-electron chi connectivity index (χ2n) is 6.50. The number of halogens is 1. The number of nitrogens with zero attached hydrogens (tertiary/aromatic N) is 1. The van der Waals surface area contributed by atoms with Gasteiger partial charge >= 0.3 is 0 Å². The lowest BCUT2D eigenvalue weighted by molar-refractivity contribution is 0.0935. The van der Waals surface area contributed by atoms with Crippen LogP contribution in [0.5, 0.6) is 11.5 Å². The third kappa shape index (κ3) is 5.48. The number of pyridine rings is 1. The monoisotopic (exact) mass is 410 g/mol. The van der Waals surface area contributed by atoms with E-state index in [9.17, 15) is 4.79 Å². The zero-order valence-corrected chi connectivity index (χ0v) is 17.1. The van der Waals surface area contributed by atoms with Gasteiger partial charge in [-0.05, 0) is 60.0 Å². The molecule has 0 fully saturated rings. The Balaban J connectivity index is 1.74. The first-order valence-corrected chi connectivity index (χ1v) is 9.74. The highest BCUT2D eigenvalue weighted by atomic mass is 35.5. The maximum Gasteiger partial charge on any atom is 0.251 e. The summed E-state index contributed by atoms with van der Waals surface area (Å²) in [4.78, 5) is 16.8. The molecule has 1 unspecified atom stereocenters. The summed E-state index contributed by atoms with van der Waals surface area (Å²) >= 11 is 5.96. The number of hydrogen-bond donors (Lipinski definition) is 1. The Labute approximate surface area is 175 Å². The summed E-state index contributed by atoms with van der Waals surface area (Å²) in [5.41, 5.74) is 2.49. The lowest BCUT2D eigenvalue weighted by atomic mass is 10.0. The van der Waals surface area contributed by atoms with Crippen molar-refractivity contribution < 1.29 is 14.3 Å². The third-order valence-corrected chi connectivity index (χ3v) is 4.81. The highest BCUT2D eigenvalue weighted by Gasteiger charge is 2.16. The van der Waals surface area contributed by atoms with Crippen molar-refractivity contribution in [2.45, 2.75) is 26.0 Å². The van der Waals surface area contributed by atoms with Crippen LogP contribution in [0.2, 0.25) is 5.02 Å². The molecule has 0 aliphatic rings. The Morgan fingerprint density at radius 2 is 1.79 bits per heavy atom. The van der Waals surface area contributed by atoms with E-state index in [1.165, 1.54) is 0 Å². The minimum atomic E-state index is -0.178. The van der Waals surface area contributed by atoms with Gasteiger partial charge in [-0.15, -0.1) is 0 Å². The number of amides is 1. The summed E-state index contributed by atoms with van der Waals surface area (Å²) in [6.45, 7) is 2.38. The number of rotatable bonds is 8. The third-order valence-electron chi connectivity index (χ3n) is 4.56. The Hall–Kier alpha value is -3.05. The summed E-state index contributed by atoms with van der Waals surface area (Å²) < 4.78 is 11.3. The topological polar surface area (TPSA) is 60.5 Å². The van der Waals surface area contributed by atoms with E-state index >= 15 is 0 Å². The van der Waals surface area contributed by atoms with E-state index in [2.05, 4.69) is 10.3 Å². The van der Waals surface area contributed by atoms with Gasteiger partial charge in [0.2, 0.25) is 0 Å². The van der Waals surface area contributed by atoms with E-state index in [-0.39, 0.29) is 11.9 Å². The molecule has 6 heteroatoms. The molecule has 150 valence electrons.